The van der Waals surface area contributed by atoms with Gasteiger partial charge >= 0.3 is 0 Å². The minimum Gasteiger partial charge on any atom is -0.453 e. The van der Waals surface area contributed by atoms with Gasteiger partial charge in [0.05, 0.1) is 11.4 Å². The summed E-state index contributed by atoms with van der Waals surface area (Å²) in [5.41, 5.74) is 5.39. The predicted octanol–water partition coefficient (Wildman–Crippen LogP) is 5.29. The largest absolute Gasteiger partial charge is 0.453 e. The van der Waals surface area contributed by atoms with Crippen LogP contribution in [0.4, 0.5) is 26.0 Å². The number of amides is 1. The first-order valence-electron chi connectivity index (χ1n) is 9.75. The zero-order valence-corrected chi connectivity index (χ0v) is 20.9. The Balaban J connectivity index is 2.17. The Hall–Kier alpha value is -2.80. The van der Waals surface area contributed by atoms with Crippen LogP contribution in [0.15, 0.2) is 41.2 Å². The molecular formula is C22H21F2IN4O3S. The van der Waals surface area contributed by atoms with Gasteiger partial charge in [-0.3, -0.25) is 14.2 Å². The lowest BCUT2D eigenvalue weighted by atomic mass is 10.1. The van der Waals surface area contributed by atoms with Crippen LogP contribution in [-0.2, 0) is 7.05 Å². The van der Waals surface area contributed by atoms with Crippen LogP contribution in [0.25, 0.3) is 0 Å². The molecule has 11 heteroatoms. The number of benzene rings is 2. The van der Waals surface area contributed by atoms with E-state index in [1.807, 2.05) is 35.6 Å². The summed E-state index contributed by atoms with van der Waals surface area (Å²) in [4.78, 5) is 25.0. The average Bonchev–Trinajstić information content (AvgIpc) is 2.77. The van der Waals surface area contributed by atoms with Crippen molar-refractivity contribution in [3.63, 3.8) is 0 Å². The van der Waals surface area contributed by atoms with Crippen molar-refractivity contribution in [1.82, 2.24) is 4.57 Å². The molecule has 0 radical (unpaired) electrons. The smallest absolute Gasteiger partial charge is 0.291 e. The molecule has 0 saturated carbocycles. The molecule has 3 aromatic rings. The molecule has 0 fully saturated rings. The number of nitrogens with zero attached hydrogens (tertiary/aromatic N) is 1. The third kappa shape index (κ3) is 5.24. The van der Waals surface area contributed by atoms with Gasteiger partial charge in [-0.15, -0.1) is 0 Å². The lowest BCUT2D eigenvalue weighted by Crippen LogP contribution is -2.28. The molecule has 0 aliphatic heterocycles. The first-order chi connectivity index (χ1) is 15.6. The van der Waals surface area contributed by atoms with E-state index in [0.717, 1.165) is 16.0 Å². The quantitative estimate of drug-likeness (QED) is 0.245. The Morgan fingerprint density at radius 1 is 1.24 bits per heavy atom. The van der Waals surface area contributed by atoms with Crippen LogP contribution in [0.5, 0.6) is 11.5 Å². The fraction of sp³-hybridized carbons (Fsp3) is 0.182. The molecule has 0 unspecified atom stereocenters. The van der Waals surface area contributed by atoms with Crippen LogP contribution in [0, 0.1) is 22.1 Å². The Labute approximate surface area is 207 Å². The van der Waals surface area contributed by atoms with E-state index in [-0.39, 0.29) is 17.3 Å². The Bertz CT molecular complexity index is 1280. The molecule has 33 heavy (non-hydrogen) atoms. The van der Waals surface area contributed by atoms with E-state index < -0.39 is 34.4 Å². The third-order valence-electron chi connectivity index (χ3n) is 4.74. The lowest BCUT2D eigenvalue weighted by Gasteiger charge is -2.20. The topological polar surface area (TPSA) is 98.4 Å². The van der Waals surface area contributed by atoms with Gasteiger partial charge in [-0.2, -0.15) is 4.39 Å². The zero-order chi connectivity index (χ0) is 24.3. The fourth-order valence-corrected chi connectivity index (χ4v) is 3.99. The van der Waals surface area contributed by atoms with E-state index in [0.29, 0.717) is 9.13 Å². The fourth-order valence-electron chi connectivity index (χ4n) is 3.02. The number of halogens is 3. The van der Waals surface area contributed by atoms with Crippen molar-refractivity contribution in [2.75, 3.05) is 15.8 Å². The molecule has 0 atom stereocenters. The van der Waals surface area contributed by atoms with Crippen LogP contribution >= 0.6 is 34.5 Å². The van der Waals surface area contributed by atoms with Gasteiger partial charge in [0.15, 0.2) is 5.75 Å². The number of carbonyl (C=O) groups excluding carboxylic acids is 1. The van der Waals surface area contributed by atoms with Crippen molar-refractivity contribution in [1.29, 1.82) is 0 Å². The molecule has 4 N–H and O–H groups in total. The van der Waals surface area contributed by atoms with Gasteiger partial charge in [0.2, 0.25) is 5.82 Å². The number of hydrogen-bond donors (Lipinski definition) is 3. The van der Waals surface area contributed by atoms with Gasteiger partial charge in [0.25, 0.3) is 11.5 Å². The van der Waals surface area contributed by atoms with Gasteiger partial charge in [0, 0.05) is 21.9 Å². The number of nitrogens with two attached hydrogens (primary N) is 1. The number of nitrogens with one attached hydrogen (secondary N) is 2. The molecular weight excluding hydrogens is 565 g/mol. The molecule has 1 aromatic heterocycles. The zero-order valence-electron chi connectivity index (χ0n) is 18.0. The maximum Gasteiger partial charge on any atom is 0.291 e. The number of aromatic nitrogens is 1. The third-order valence-corrected chi connectivity index (χ3v) is 6.07. The second-order valence-electron chi connectivity index (χ2n) is 6.91. The maximum atomic E-state index is 15.1. The van der Waals surface area contributed by atoms with Gasteiger partial charge in [-0.25, -0.2) is 4.39 Å². The number of pyridine rings is 1. The van der Waals surface area contributed by atoms with Crippen LogP contribution in [0.3, 0.4) is 0 Å². The predicted molar refractivity (Wildman–Crippen MR) is 136 cm³/mol. The summed E-state index contributed by atoms with van der Waals surface area (Å²) in [6.07, 6.45) is 0. The van der Waals surface area contributed by atoms with Crippen LogP contribution in [-0.4, -0.2) is 16.2 Å². The van der Waals surface area contributed by atoms with E-state index in [1.165, 1.54) is 31.1 Å². The van der Waals surface area contributed by atoms with E-state index in [4.69, 9.17) is 10.5 Å². The number of anilines is 3. The second-order valence-corrected chi connectivity index (χ2v) is 9.23. The Kier molecular flexibility index (Phi) is 7.84. The summed E-state index contributed by atoms with van der Waals surface area (Å²) >= 11 is 3.40. The highest BCUT2D eigenvalue weighted by atomic mass is 127. The van der Waals surface area contributed by atoms with Gasteiger partial charge in [-0.1, -0.05) is 24.9 Å². The van der Waals surface area contributed by atoms with E-state index in [1.54, 1.807) is 25.1 Å². The molecule has 1 amide bonds. The highest BCUT2D eigenvalue weighted by molar-refractivity contribution is 14.1. The Morgan fingerprint density at radius 2 is 1.97 bits per heavy atom. The van der Waals surface area contributed by atoms with Crippen molar-refractivity contribution in [3.05, 3.63) is 73.1 Å². The van der Waals surface area contributed by atoms with E-state index in [9.17, 15) is 14.0 Å². The summed E-state index contributed by atoms with van der Waals surface area (Å²) in [5.74, 6) is -2.77. The van der Waals surface area contributed by atoms with Crippen molar-refractivity contribution in [2.45, 2.75) is 13.8 Å². The van der Waals surface area contributed by atoms with Crippen molar-refractivity contribution in [3.8, 4) is 11.5 Å². The molecule has 0 aliphatic rings. The molecule has 0 aliphatic carbocycles. The summed E-state index contributed by atoms with van der Waals surface area (Å²) in [6.45, 7) is 3.73. The van der Waals surface area contributed by atoms with Gasteiger partial charge < -0.3 is 20.5 Å². The summed E-state index contributed by atoms with van der Waals surface area (Å²) in [7, 11) is 1.24. The van der Waals surface area contributed by atoms with Gasteiger partial charge in [0.1, 0.15) is 22.9 Å². The second kappa shape index (κ2) is 10.4. The molecule has 2 aromatic carbocycles. The molecule has 0 saturated heterocycles. The molecule has 0 bridgehead atoms. The van der Waals surface area contributed by atoms with Crippen molar-refractivity contribution >= 4 is 57.6 Å². The highest BCUT2D eigenvalue weighted by Gasteiger charge is 2.27. The number of carbonyl (C=O) groups is 1. The number of primary amides is 1. The van der Waals surface area contributed by atoms with Gasteiger partial charge in [-0.05, 0) is 59.8 Å². The first-order valence-corrected chi connectivity index (χ1v) is 11.8. The number of hydrogen-bond acceptors (Lipinski definition) is 6. The molecule has 3 rings (SSSR count). The maximum absolute atomic E-state index is 15.1. The number of rotatable bonds is 8. The SMILES string of the molecule is CCSNc1cccc(Oc2c(C(N)=O)c(Nc3ccc(I)cc3F)n(C)c(=O)c2F)c1C. The minimum atomic E-state index is -1.29. The number of ether oxygens (including phenoxy) is 1. The standard InChI is InChI=1S/C22H21F2IN4O3S/c1-4-33-28-14-6-5-7-16(11(14)2)32-19-17(20(26)30)21(29(3)22(31)18(19)24)27-15-9-8-12(25)10-13(15)23/h5-10,27-28H,4H2,1-3H3,(H2,26,30). The normalized spacial score (nSPS) is 10.7. The summed E-state index contributed by atoms with van der Waals surface area (Å²) in [6, 6.07) is 9.40. The summed E-state index contributed by atoms with van der Waals surface area (Å²) in [5, 5.41) is 2.69. The lowest BCUT2D eigenvalue weighted by molar-refractivity contribution is 0.0997. The highest BCUT2D eigenvalue weighted by Crippen LogP contribution is 2.36. The van der Waals surface area contributed by atoms with Crippen LogP contribution in [0.1, 0.15) is 22.8 Å². The van der Waals surface area contributed by atoms with E-state index >= 15 is 4.39 Å². The van der Waals surface area contributed by atoms with Crippen molar-refractivity contribution < 1.29 is 18.3 Å². The minimum absolute atomic E-state index is 0.0237. The Morgan fingerprint density at radius 3 is 2.61 bits per heavy atom. The average molecular weight is 586 g/mol. The first kappa shape index (κ1) is 24.8. The molecule has 174 valence electrons. The monoisotopic (exact) mass is 586 g/mol. The molecule has 0 spiro atoms. The van der Waals surface area contributed by atoms with E-state index in [2.05, 4.69) is 10.0 Å². The van der Waals surface area contributed by atoms with Crippen LogP contribution in [0.2, 0.25) is 0 Å². The van der Waals surface area contributed by atoms with Crippen LogP contribution < -0.4 is 26.1 Å². The van der Waals surface area contributed by atoms with Crippen molar-refractivity contribution in [2.24, 2.45) is 12.8 Å². The molecule has 7 nitrogen and oxygen atoms in total. The summed E-state index contributed by atoms with van der Waals surface area (Å²) < 4.78 is 39.9. The molecule has 1 heterocycles.